The van der Waals surface area contributed by atoms with Crippen LogP contribution >= 0.6 is 0 Å². The molecule has 56 heavy (non-hydrogen) atoms. The molecule has 0 aliphatic rings. The molecule has 1 aromatic carbocycles. The topological polar surface area (TPSA) is 17.6 Å². The van der Waals surface area contributed by atoms with Crippen molar-refractivity contribution in [2.24, 2.45) is 0 Å². The van der Waals surface area contributed by atoms with Crippen LogP contribution in [0.15, 0.2) is 61.7 Å². The van der Waals surface area contributed by atoms with Crippen molar-refractivity contribution in [3.05, 3.63) is 72.8 Å². The molecular weight excluding hydrogens is 816 g/mol. The van der Waals surface area contributed by atoms with E-state index < -0.39 is 0 Å². The van der Waals surface area contributed by atoms with Gasteiger partial charge in [-0.2, -0.15) is 0 Å². The van der Waals surface area contributed by atoms with Crippen molar-refractivity contribution in [1.29, 1.82) is 0 Å². The molecule has 0 bridgehead atoms. The molecule has 0 atom stereocenters. The van der Waals surface area contributed by atoms with E-state index in [1.807, 2.05) is 0 Å². The lowest BCUT2D eigenvalue weighted by Crippen LogP contribution is -3.00. The third kappa shape index (κ3) is 28.1. The predicted octanol–water partition coefficient (Wildman–Crippen LogP) is 8.49. The Morgan fingerprint density at radius 3 is 0.929 bits per heavy atom. The molecule has 322 valence electrons. The highest BCUT2D eigenvalue weighted by molar-refractivity contribution is 5.22. The summed E-state index contributed by atoms with van der Waals surface area (Å²) in [6.45, 7) is 8.75. The van der Waals surface area contributed by atoms with Crippen LogP contribution in [0.2, 0.25) is 0 Å². The Labute approximate surface area is 368 Å². The van der Waals surface area contributed by atoms with Crippen molar-refractivity contribution in [3.8, 4) is 0 Å². The highest BCUT2D eigenvalue weighted by Gasteiger charge is 2.09. The third-order valence-electron chi connectivity index (χ3n) is 11.8. The Morgan fingerprint density at radius 2 is 0.643 bits per heavy atom. The molecule has 0 radical (unpaired) electrons. The smallest absolute Gasteiger partial charge is 0.244 e. The zero-order chi connectivity index (χ0) is 38.0. The number of hydrogen-bond acceptors (Lipinski definition) is 0. The van der Waals surface area contributed by atoms with Crippen LogP contribution in [0.3, 0.4) is 0 Å². The van der Waals surface area contributed by atoms with Gasteiger partial charge in [0, 0.05) is 0 Å². The molecule has 6 heteroatoms. The normalized spacial score (nSPS) is 11.2. The van der Waals surface area contributed by atoms with Gasteiger partial charge in [-0.25, -0.2) is 18.3 Å². The van der Waals surface area contributed by atoms with E-state index in [1.165, 1.54) is 217 Å². The summed E-state index contributed by atoms with van der Waals surface area (Å²) in [5, 5.41) is 0. The molecule has 0 amide bonds. The number of rotatable bonds is 38. The van der Waals surface area contributed by atoms with Crippen molar-refractivity contribution in [1.82, 2.24) is 9.13 Å². The van der Waals surface area contributed by atoms with E-state index >= 15 is 0 Å². The van der Waals surface area contributed by atoms with Crippen molar-refractivity contribution in [3.63, 3.8) is 0 Å². The molecule has 0 aliphatic carbocycles. The van der Waals surface area contributed by atoms with Gasteiger partial charge in [0.15, 0.2) is 0 Å². The van der Waals surface area contributed by atoms with Gasteiger partial charge in [-0.3, -0.25) is 0 Å². The van der Waals surface area contributed by atoms with E-state index in [0.29, 0.717) is 0 Å². The lowest BCUT2D eigenvalue weighted by atomic mass is 10.0. The van der Waals surface area contributed by atoms with Crippen LogP contribution < -0.4 is 43.1 Å². The Bertz CT molecular complexity index is 1160. The van der Waals surface area contributed by atoms with Crippen LogP contribution in [0.1, 0.15) is 230 Å². The number of imidazole rings is 2. The lowest BCUT2D eigenvalue weighted by molar-refractivity contribution is -0.688. The minimum Gasteiger partial charge on any atom is -1.00 e. The van der Waals surface area contributed by atoms with Crippen molar-refractivity contribution in [2.45, 2.75) is 245 Å². The molecule has 0 N–H and O–H groups in total. The summed E-state index contributed by atoms with van der Waals surface area (Å²) in [5.41, 5.74) is 2.76. The summed E-state index contributed by atoms with van der Waals surface area (Å²) in [6, 6.07) is 9.17. The van der Waals surface area contributed by atoms with E-state index in [9.17, 15) is 0 Å². The first kappa shape index (κ1) is 52.6. The Kier molecular flexibility index (Phi) is 35.6. The number of benzene rings is 1. The average Bonchev–Trinajstić information content (AvgIpc) is 3.83. The van der Waals surface area contributed by atoms with E-state index in [1.54, 1.807) is 0 Å². The van der Waals surface area contributed by atoms with Gasteiger partial charge in [-0.15, -0.1) is 0 Å². The molecule has 2 aromatic heterocycles. The quantitative estimate of drug-likeness (QED) is 0.0406. The van der Waals surface area contributed by atoms with Crippen LogP contribution in [0.5, 0.6) is 0 Å². The summed E-state index contributed by atoms with van der Waals surface area (Å²) in [4.78, 5) is 0. The van der Waals surface area contributed by atoms with Gasteiger partial charge < -0.3 is 34.0 Å². The molecule has 4 nitrogen and oxygen atoms in total. The van der Waals surface area contributed by atoms with Crippen LogP contribution in [-0.4, -0.2) is 9.13 Å². The molecule has 0 aliphatic heterocycles. The van der Waals surface area contributed by atoms with Gasteiger partial charge in [-0.1, -0.05) is 212 Å². The number of nitrogens with zero attached hydrogens (tertiary/aromatic N) is 4. The second-order valence-electron chi connectivity index (χ2n) is 17.1. The maximum Gasteiger partial charge on any atom is 0.244 e. The number of aryl methyl sites for hydroxylation is 2. The molecule has 0 fully saturated rings. The van der Waals surface area contributed by atoms with Crippen molar-refractivity contribution < 1.29 is 43.1 Å². The fourth-order valence-electron chi connectivity index (χ4n) is 8.26. The van der Waals surface area contributed by atoms with Crippen molar-refractivity contribution >= 4 is 0 Å². The number of aromatic nitrogens is 4. The van der Waals surface area contributed by atoms with Gasteiger partial charge in [0.05, 0.1) is 13.1 Å². The molecule has 0 saturated heterocycles. The highest BCUT2D eigenvalue weighted by atomic mass is 79.9. The van der Waals surface area contributed by atoms with E-state index in [2.05, 4.69) is 93.8 Å². The summed E-state index contributed by atoms with van der Waals surface area (Å²) >= 11 is 0. The Hall–Kier alpha value is -1.40. The van der Waals surface area contributed by atoms with Gasteiger partial charge >= 0.3 is 0 Å². The number of hydrogen-bond donors (Lipinski definition) is 0. The average molecular weight is 905 g/mol. The maximum atomic E-state index is 2.39. The monoisotopic (exact) mass is 903 g/mol. The van der Waals surface area contributed by atoms with Gasteiger partial charge in [0.2, 0.25) is 12.7 Å². The second-order valence-corrected chi connectivity index (χ2v) is 17.1. The first-order chi connectivity index (χ1) is 26.8. The molecule has 3 rings (SSSR count). The first-order valence-corrected chi connectivity index (χ1v) is 23.9. The summed E-state index contributed by atoms with van der Waals surface area (Å²) < 4.78 is 9.44. The van der Waals surface area contributed by atoms with Gasteiger partial charge in [-0.05, 0) is 42.9 Å². The second kappa shape index (κ2) is 37.8. The molecule has 3 aromatic rings. The summed E-state index contributed by atoms with van der Waals surface area (Å²) in [6.07, 6.45) is 59.2. The van der Waals surface area contributed by atoms with Gasteiger partial charge in [0.1, 0.15) is 37.9 Å². The van der Waals surface area contributed by atoms with Crippen LogP contribution in [0, 0.1) is 0 Å². The minimum absolute atomic E-state index is 0. The first-order valence-electron chi connectivity index (χ1n) is 23.9. The fraction of sp³-hybridized carbons (Fsp3) is 0.760. The van der Waals surface area contributed by atoms with E-state index in [0.717, 1.165) is 26.2 Å². The SMILES string of the molecule is CCCCCCCCCCCCCCCCCCn1cc[n+](Cc2cccc(C[n+]3ccn(CCCCCCCCCCCCCCCCCC)c3)c2)c1.[Br-].[Br-]. The minimum atomic E-state index is 0. The summed E-state index contributed by atoms with van der Waals surface area (Å²) in [5.74, 6) is 0. The lowest BCUT2D eigenvalue weighted by Gasteiger charge is -2.03. The molecule has 0 saturated carbocycles. The van der Waals surface area contributed by atoms with Crippen LogP contribution in [0.25, 0.3) is 0 Å². The zero-order valence-corrected chi connectivity index (χ0v) is 39.9. The predicted molar refractivity (Wildman–Crippen MR) is 233 cm³/mol. The largest absolute Gasteiger partial charge is 1.00 e. The molecule has 0 unspecified atom stereocenters. The van der Waals surface area contributed by atoms with Crippen molar-refractivity contribution in [2.75, 3.05) is 0 Å². The highest BCUT2D eigenvalue weighted by Crippen LogP contribution is 2.16. The van der Waals surface area contributed by atoms with E-state index in [-0.39, 0.29) is 34.0 Å². The maximum absolute atomic E-state index is 2.39. The summed E-state index contributed by atoms with van der Waals surface area (Å²) in [7, 11) is 0. The van der Waals surface area contributed by atoms with Gasteiger partial charge in [0.25, 0.3) is 0 Å². The zero-order valence-electron chi connectivity index (χ0n) is 36.8. The van der Waals surface area contributed by atoms with Crippen LogP contribution in [0.4, 0.5) is 0 Å². The number of halogens is 2. The standard InChI is InChI=1S/C50H88N4.2BrH/c1-3-5-7-9-11-13-15-17-19-21-23-25-27-29-31-33-38-51-40-42-53(47-51)45-49-36-35-37-50(44-49)46-54-43-41-52(48-54)39-34-32-30-28-26-24-22-20-18-16-14-12-10-8-6-4-2;;/h35-37,40-44,47-48H,3-34,38-39,45-46H2,1-2H3;2*1H/q+2;;/p-2. The molecule has 0 spiro atoms. The Morgan fingerprint density at radius 1 is 0.375 bits per heavy atom. The fourth-order valence-corrected chi connectivity index (χ4v) is 8.26. The molecular formula is C50H88Br2N4. The van der Waals surface area contributed by atoms with Crippen LogP contribution in [-0.2, 0) is 26.2 Å². The third-order valence-corrected chi connectivity index (χ3v) is 11.8. The van der Waals surface area contributed by atoms with E-state index in [4.69, 9.17) is 0 Å². The molecule has 2 heterocycles. The Balaban J connectivity index is 0.00000784. The number of unbranched alkanes of at least 4 members (excludes halogenated alkanes) is 30.